The summed E-state index contributed by atoms with van der Waals surface area (Å²) >= 11 is 1.11. The SMILES string of the molecule is CS(=O)(=O)CCc1csc2c1S(=O)(=O)N=C(C1=C(O)C3CCCCC3N(Cc3ccccc3)C1=O)N2. The first-order valence-electron chi connectivity index (χ1n) is 11.7. The van der Waals surface area contributed by atoms with Crippen LogP contribution in [0.15, 0.2) is 56.3 Å². The number of sulfonamides is 1. The van der Waals surface area contributed by atoms with Crippen LogP contribution in [0.3, 0.4) is 0 Å². The summed E-state index contributed by atoms with van der Waals surface area (Å²) in [6, 6.07) is 9.39. The number of aliphatic hydroxyl groups is 1. The van der Waals surface area contributed by atoms with E-state index in [1.165, 1.54) is 0 Å². The summed E-state index contributed by atoms with van der Waals surface area (Å²) in [5.41, 5.74) is 1.19. The highest BCUT2D eigenvalue weighted by Gasteiger charge is 2.45. The number of hydrogen-bond acceptors (Lipinski definition) is 8. The molecule has 1 aliphatic carbocycles. The van der Waals surface area contributed by atoms with Gasteiger partial charge in [-0.25, -0.2) is 8.42 Å². The summed E-state index contributed by atoms with van der Waals surface area (Å²) < 4.78 is 53.5. The molecule has 2 unspecified atom stereocenters. The normalized spacial score (nSPS) is 23.5. The zero-order chi connectivity index (χ0) is 25.7. The molecule has 36 heavy (non-hydrogen) atoms. The highest BCUT2D eigenvalue weighted by Crippen LogP contribution is 2.42. The molecule has 192 valence electrons. The highest BCUT2D eigenvalue weighted by molar-refractivity contribution is 7.91. The Balaban J connectivity index is 1.53. The Hall–Kier alpha value is -2.70. The molecule has 1 aromatic heterocycles. The number of carbonyl (C=O) groups excluding carboxylic acids is 1. The van der Waals surface area contributed by atoms with Gasteiger partial charge in [-0.3, -0.25) is 4.79 Å². The molecule has 1 amide bonds. The van der Waals surface area contributed by atoms with Crippen LogP contribution in [0.4, 0.5) is 5.00 Å². The molecule has 2 aliphatic heterocycles. The zero-order valence-corrected chi connectivity index (χ0v) is 22.1. The molecule has 2 atom stereocenters. The van der Waals surface area contributed by atoms with Gasteiger partial charge in [-0.2, -0.15) is 8.42 Å². The van der Waals surface area contributed by atoms with E-state index in [9.17, 15) is 26.7 Å². The lowest BCUT2D eigenvalue weighted by Crippen LogP contribution is -2.52. The fourth-order valence-electron chi connectivity index (χ4n) is 5.21. The largest absolute Gasteiger partial charge is 0.511 e. The Labute approximate surface area is 214 Å². The van der Waals surface area contributed by atoms with E-state index in [0.29, 0.717) is 18.5 Å². The number of thiophene rings is 1. The Bertz CT molecular complexity index is 1480. The summed E-state index contributed by atoms with van der Waals surface area (Å²) in [4.78, 5) is 15.4. The van der Waals surface area contributed by atoms with Crippen LogP contribution in [-0.4, -0.2) is 56.6 Å². The number of aliphatic hydroxyl groups excluding tert-OH is 1. The van der Waals surface area contributed by atoms with Gasteiger partial charge in [0.05, 0.1) is 5.75 Å². The van der Waals surface area contributed by atoms with Crippen molar-refractivity contribution in [2.75, 3.05) is 17.3 Å². The minimum atomic E-state index is -4.22. The van der Waals surface area contributed by atoms with E-state index in [4.69, 9.17) is 0 Å². The van der Waals surface area contributed by atoms with E-state index in [-0.39, 0.29) is 51.2 Å². The van der Waals surface area contributed by atoms with Gasteiger partial charge in [0.1, 0.15) is 31.1 Å². The quantitative estimate of drug-likeness (QED) is 0.565. The standard InChI is InChI=1S/C24H27N3O6S3/c1-35(30,31)12-11-16-14-34-23-21(16)36(32,33)26-22(25-23)19-20(28)17-9-5-6-10-18(17)27(24(19)29)13-15-7-3-2-4-8-15/h2-4,7-8,14,17-18,28H,5-6,9-13H2,1H3,(H,25,26). The molecule has 9 nitrogen and oxygen atoms in total. The molecular formula is C24H27N3O6S3. The average molecular weight is 550 g/mol. The summed E-state index contributed by atoms with van der Waals surface area (Å²) in [5, 5.41) is 16.0. The van der Waals surface area contributed by atoms with Gasteiger partial charge in [0, 0.05) is 24.8 Å². The molecular weight excluding hydrogens is 522 g/mol. The number of amides is 1. The molecule has 5 rings (SSSR count). The summed E-state index contributed by atoms with van der Waals surface area (Å²) in [6.45, 7) is 0.345. The minimum absolute atomic E-state index is 0.0396. The fraction of sp³-hybridized carbons (Fsp3) is 0.417. The smallest absolute Gasteiger partial charge is 0.287 e. The van der Waals surface area contributed by atoms with Gasteiger partial charge < -0.3 is 15.3 Å². The van der Waals surface area contributed by atoms with Crippen molar-refractivity contribution in [3.05, 3.63) is 58.2 Å². The van der Waals surface area contributed by atoms with Crippen molar-refractivity contribution in [2.24, 2.45) is 10.3 Å². The second-order valence-corrected chi connectivity index (χ2v) is 14.2. The number of carbonyl (C=O) groups is 1. The van der Waals surface area contributed by atoms with E-state index in [2.05, 4.69) is 9.71 Å². The van der Waals surface area contributed by atoms with Crippen LogP contribution >= 0.6 is 11.3 Å². The number of aryl methyl sites for hydroxylation is 1. The molecule has 1 saturated carbocycles. The first kappa shape index (κ1) is 25.0. The van der Waals surface area contributed by atoms with Crippen molar-refractivity contribution in [2.45, 2.75) is 49.6 Å². The van der Waals surface area contributed by atoms with Crippen molar-refractivity contribution < 1.29 is 26.7 Å². The summed E-state index contributed by atoms with van der Waals surface area (Å²) in [6.07, 6.45) is 4.44. The maximum atomic E-state index is 13.8. The number of nitrogens with one attached hydrogen (secondary N) is 1. The zero-order valence-electron chi connectivity index (χ0n) is 19.7. The molecule has 3 heterocycles. The molecule has 0 radical (unpaired) electrons. The summed E-state index contributed by atoms with van der Waals surface area (Å²) in [7, 11) is -7.51. The fourth-order valence-corrected chi connectivity index (χ4v) is 8.47. The van der Waals surface area contributed by atoms with Crippen LogP contribution < -0.4 is 5.32 Å². The third-order valence-electron chi connectivity index (χ3n) is 6.90. The number of nitrogens with zero attached hydrogens (tertiary/aromatic N) is 2. The predicted molar refractivity (Wildman–Crippen MR) is 138 cm³/mol. The third kappa shape index (κ3) is 4.69. The lowest BCUT2D eigenvalue weighted by atomic mass is 9.78. The molecule has 1 fully saturated rings. The second-order valence-electron chi connectivity index (χ2n) is 9.48. The van der Waals surface area contributed by atoms with E-state index in [1.807, 2.05) is 30.3 Å². The number of amidine groups is 1. The van der Waals surface area contributed by atoms with Gasteiger partial charge in [0.15, 0.2) is 5.84 Å². The Morgan fingerprint density at radius 1 is 1.19 bits per heavy atom. The molecule has 2 aromatic rings. The van der Waals surface area contributed by atoms with E-state index in [0.717, 1.165) is 42.4 Å². The van der Waals surface area contributed by atoms with Crippen LogP contribution in [0.5, 0.6) is 0 Å². The van der Waals surface area contributed by atoms with Gasteiger partial charge >= 0.3 is 0 Å². The van der Waals surface area contributed by atoms with Crippen LogP contribution in [0.1, 0.15) is 36.8 Å². The van der Waals surface area contributed by atoms with Crippen LogP contribution in [0, 0.1) is 5.92 Å². The number of rotatable bonds is 6. The third-order valence-corrected chi connectivity index (χ3v) is 10.3. The van der Waals surface area contributed by atoms with Crippen molar-refractivity contribution in [1.82, 2.24) is 4.90 Å². The summed E-state index contributed by atoms with van der Waals surface area (Å²) in [5.74, 6) is -1.25. The topological polar surface area (TPSA) is 133 Å². The van der Waals surface area contributed by atoms with Crippen molar-refractivity contribution in [3.63, 3.8) is 0 Å². The van der Waals surface area contributed by atoms with E-state index >= 15 is 0 Å². The maximum Gasteiger partial charge on any atom is 0.287 e. The number of benzene rings is 1. The van der Waals surface area contributed by atoms with Crippen LogP contribution in [0.2, 0.25) is 0 Å². The molecule has 2 N–H and O–H groups in total. The lowest BCUT2D eigenvalue weighted by Gasteiger charge is -2.44. The van der Waals surface area contributed by atoms with E-state index < -0.39 is 25.8 Å². The van der Waals surface area contributed by atoms with Crippen LogP contribution in [-0.2, 0) is 37.6 Å². The number of anilines is 1. The predicted octanol–water partition coefficient (Wildman–Crippen LogP) is 3.26. The Morgan fingerprint density at radius 2 is 1.92 bits per heavy atom. The molecule has 3 aliphatic rings. The number of sulfone groups is 1. The Kier molecular flexibility index (Phi) is 6.46. The maximum absolute atomic E-state index is 13.8. The second kappa shape index (κ2) is 9.31. The first-order chi connectivity index (χ1) is 17.0. The van der Waals surface area contributed by atoms with Gasteiger partial charge in [0.25, 0.3) is 15.9 Å². The van der Waals surface area contributed by atoms with Gasteiger partial charge in [0.2, 0.25) is 0 Å². The van der Waals surface area contributed by atoms with Gasteiger partial charge in [-0.1, -0.05) is 43.2 Å². The van der Waals surface area contributed by atoms with Crippen LogP contribution in [0.25, 0.3) is 0 Å². The Morgan fingerprint density at radius 3 is 2.64 bits per heavy atom. The van der Waals surface area contributed by atoms with Gasteiger partial charge in [-0.15, -0.1) is 15.7 Å². The molecule has 0 saturated heterocycles. The monoisotopic (exact) mass is 549 g/mol. The van der Waals surface area contributed by atoms with Crippen molar-refractivity contribution in [1.29, 1.82) is 0 Å². The van der Waals surface area contributed by atoms with Gasteiger partial charge in [-0.05, 0) is 35.8 Å². The lowest BCUT2D eigenvalue weighted by molar-refractivity contribution is -0.133. The molecule has 0 spiro atoms. The first-order valence-corrected chi connectivity index (χ1v) is 16.1. The molecule has 1 aromatic carbocycles. The average Bonchev–Trinajstić information content (AvgIpc) is 3.25. The number of fused-ring (bicyclic) bond motifs is 2. The molecule has 0 bridgehead atoms. The minimum Gasteiger partial charge on any atom is -0.511 e. The highest BCUT2D eigenvalue weighted by atomic mass is 32.2. The van der Waals surface area contributed by atoms with Crippen molar-refractivity contribution >= 4 is 47.9 Å². The number of hydrogen-bond donors (Lipinski definition) is 2. The van der Waals surface area contributed by atoms with Crippen molar-refractivity contribution in [3.8, 4) is 0 Å². The molecule has 12 heteroatoms. The van der Waals surface area contributed by atoms with E-state index in [1.54, 1.807) is 10.3 Å².